The molecule has 1 fully saturated rings. The first kappa shape index (κ1) is 17.4. The minimum Gasteiger partial charge on any atom is -0.479 e. The second kappa shape index (κ2) is 7.21. The van der Waals surface area contributed by atoms with Crippen molar-refractivity contribution in [1.82, 2.24) is 4.90 Å². The molecule has 25 heavy (non-hydrogen) atoms. The summed E-state index contributed by atoms with van der Waals surface area (Å²) in [5.74, 6) is -1.87. The standard InChI is InChI=1S/C18H15ClFNO4/c19-13-5-3-12(4-6-13)16-17(18(23)24)25-10-15(22)21(16)9-11-1-7-14(20)8-2-11/h1-8,16-17H,9-10H2,(H,23,24)/t16-,17-/m1/s1. The molecule has 2 atom stereocenters. The van der Waals surface area contributed by atoms with E-state index in [1.165, 1.54) is 17.0 Å². The summed E-state index contributed by atoms with van der Waals surface area (Å²) in [6.07, 6.45) is -1.20. The Morgan fingerprint density at radius 1 is 1.20 bits per heavy atom. The van der Waals surface area contributed by atoms with Gasteiger partial charge < -0.3 is 14.7 Å². The van der Waals surface area contributed by atoms with E-state index in [1.54, 1.807) is 36.4 Å². The lowest BCUT2D eigenvalue weighted by Crippen LogP contribution is -2.51. The number of halogens is 2. The predicted octanol–water partition coefficient (Wildman–Crippen LogP) is 3.03. The van der Waals surface area contributed by atoms with Crippen LogP contribution >= 0.6 is 11.6 Å². The Balaban J connectivity index is 1.97. The zero-order valence-corrected chi connectivity index (χ0v) is 13.8. The zero-order chi connectivity index (χ0) is 18.0. The molecule has 1 N–H and O–H groups in total. The first-order valence-corrected chi connectivity index (χ1v) is 7.97. The highest BCUT2D eigenvalue weighted by atomic mass is 35.5. The number of carboxylic acids is 1. The van der Waals surface area contributed by atoms with Crippen LogP contribution in [0.3, 0.4) is 0 Å². The number of benzene rings is 2. The molecule has 130 valence electrons. The molecule has 2 aromatic rings. The third kappa shape index (κ3) is 3.81. The van der Waals surface area contributed by atoms with Gasteiger partial charge in [0.25, 0.3) is 0 Å². The van der Waals surface area contributed by atoms with E-state index in [1.807, 2.05) is 0 Å². The highest BCUT2D eigenvalue weighted by Gasteiger charge is 2.41. The van der Waals surface area contributed by atoms with E-state index < -0.39 is 18.1 Å². The summed E-state index contributed by atoms with van der Waals surface area (Å²) in [6, 6.07) is 11.5. The van der Waals surface area contributed by atoms with Crippen molar-refractivity contribution in [2.75, 3.05) is 6.61 Å². The Morgan fingerprint density at radius 2 is 1.84 bits per heavy atom. The van der Waals surface area contributed by atoms with E-state index in [4.69, 9.17) is 16.3 Å². The SMILES string of the molecule is O=C(O)[C@@H]1OCC(=O)N(Cc2ccc(F)cc2)[C@@H]1c1ccc(Cl)cc1. The second-order valence-corrected chi connectivity index (χ2v) is 6.15. The third-order valence-corrected chi connectivity index (χ3v) is 4.30. The van der Waals surface area contributed by atoms with Crippen LogP contribution in [0.4, 0.5) is 4.39 Å². The first-order chi connectivity index (χ1) is 12.0. The number of rotatable bonds is 4. The van der Waals surface area contributed by atoms with Crippen LogP contribution < -0.4 is 0 Å². The number of hydrogen-bond donors (Lipinski definition) is 1. The van der Waals surface area contributed by atoms with Crippen LogP contribution in [-0.2, 0) is 20.9 Å². The van der Waals surface area contributed by atoms with Crippen LogP contribution in [-0.4, -0.2) is 34.6 Å². The van der Waals surface area contributed by atoms with Gasteiger partial charge in [-0.1, -0.05) is 35.9 Å². The summed E-state index contributed by atoms with van der Waals surface area (Å²) in [4.78, 5) is 25.5. The van der Waals surface area contributed by atoms with E-state index in [-0.39, 0.29) is 24.9 Å². The van der Waals surface area contributed by atoms with Crippen LogP contribution in [0.15, 0.2) is 48.5 Å². The quantitative estimate of drug-likeness (QED) is 0.906. The molecule has 0 saturated carbocycles. The van der Waals surface area contributed by atoms with Crippen molar-refractivity contribution in [1.29, 1.82) is 0 Å². The molecular formula is C18H15ClFNO4. The maximum Gasteiger partial charge on any atom is 0.335 e. The van der Waals surface area contributed by atoms with Gasteiger partial charge >= 0.3 is 5.97 Å². The summed E-state index contributed by atoms with van der Waals surface area (Å²) in [6.45, 7) is -0.165. The van der Waals surface area contributed by atoms with Crippen molar-refractivity contribution < 1.29 is 23.8 Å². The molecule has 1 heterocycles. The number of ether oxygens (including phenoxy) is 1. The predicted molar refractivity (Wildman–Crippen MR) is 88.5 cm³/mol. The van der Waals surface area contributed by atoms with Gasteiger partial charge in [0.05, 0.1) is 6.04 Å². The molecule has 0 bridgehead atoms. The van der Waals surface area contributed by atoms with Crippen LogP contribution in [0, 0.1) is 5.82 Å². The molecule has 5 nitrogen and oxygen atoms in total. The van der Waals surface area contributed by atoms with Gasteiger partial charge in [0, 0.05) is 11.6 Å². The number of nitrogens with zero attached hydrogens (tertiary/aromatic N) is 1. The fraction of sp³-hybridized carbons (Fsp3) is 0.222. The lowest BCUT2D eigenvalue weighted by molar-refractivity contribution is -0.174. The van der Waals surface area contributed by atoms with Crippen molar-refractivity contribution in [3.05, 3.63) is 70.5 Å². The molecule has 0 unspecified atom stereocenters. The largest absolute Gasteiger partial charge is 0.479 e. The lowest BCUT2D eigenvalue weighted by atomic mass is 9.97. The average Bonchev–Trinajstić information content (AvgIpc) is 2.59. The van der Waals surface area contributed by atoms with Gasteiger partial charge in [0.1, 0.15) is 12.4 Å². The number of carbonyl (C=O) groups excluding carboxylic acids is 1. The Kier molecular flexibility index (Phi) is 5.01. The normalized spacial score (nSPS) is 20.6. The fourth-order valence-electron chi connectivity index (χ4n) is 2.85. The van der Waals surface area contributed by atoms with Gasteiger partial charge in [0.2, 0.25) is 5.91 Å². The minimum absolute atomic E-state index is 0.152. The highest BCUT2D eigenvalue weighted by Crippen LogP contribution is 2.32. The summed E-state index contributed by atoms with van der Waals surface area (Å²) < 4.78 is 18.4. The molecule has 0 spiro atoms. The van der Waals surface area contributed by atoms with Crippen LogP contribution in [0.2, 0.25) is 5.02 Å². The highest BCUT2D eigenvalue weighted by molar-refractivity contribution is 6.30. The van der Waals surface area contributed by atoms with Gasteiger partial charge in [-0.2, -0.15) is 0 Å². The molecule has 2 aromatic carbocycles. The molecule has 1 saturated heterocycles. The van der Waals surface area contributed by atoms with Crippen molar-refractivity contribution >= 4 is 23.5 Å². The van der Waals surface area contributed by atoms with Gasteiger partial charge in [-0.15, -0.1) is 0 Å². The van der Waals surface area contributed by atoms with Crippen molar-refractivity contribution in [3.63, 3.8) is 0 Å². The number of carbonyl (C=O) groups is 2. The number of aliphatic carboxylic acids is 1. The average molecular weight is 364 g/mol. The molecular weight excluding hydrogens is 349 g/mol. The van der Waals surface area contributed by atoms with E-state index in [0.29, 0.717) is 16.1 Å². The molecule has 0 aliphatic carbocycles. The summed E-state index contributed by atoms with van der Waals surface area (Å²) >= 11 is 5.90. The van der Waals surface area contributed by atoms with E-state index in [0.717, 1.165) is 0 Å². The maximum atomic E-state index is 13.1. The Labute approximate surface area is 148 Å². The summed E-state index contributed by atoms with van der Waals surface area (Å²) in [7, 11) is 0. The minimum atomic E-state index is -1.20. The molecule has 7 heteroatoms. The molecule has 1 aliphatic heterocycles. The summed E-state index contributed by atoms with van der Waals surface area (Å²) in [5.41, 5.74) is 1.30. The van der Waals surface area contributed by atoms with Gasteiger partial charge in [-0.05, 0) is 35.4 Å². The molecule has 3 rings (SSSR count). The molecule has 0 aromatic heterocycles. The topological polar surface area (TPSA) is 66.8 Å². The monoisotopic (exact) mass is 363 g/mol. The maximum absolute atomic E-state index is 13.1. The molecule has 1 aliphatic rings. The van der Waals surface area contributed by atoms with Crippen LogP contribution in [0.25, 0.3) is 0 Å². The van der Waals surface area contributed by atoms with E-state index in [2.05, 4.69) is 0 Å². The number of amides is 1. The number of morpholine rings is 1. The Morgan fingerprint density at radius 3 is 2.44 bits per heavy atom. The zero-order valence-electron chi connectivity index (χ0n) is 13.1. The van der Waals surface area contributed by atoms with E-state index >= 15 is 0 Å². The van der Waals surface area contributed by atoms with Gasteiger partial charge in [0.15, 0.2) is 6.10 Å². The number of carboxylic acid groups (broad SMARTS) is 1. The fourth-order valence-corrected chi connectivity index (χ4v) is 2.97. The van der Waals surface area contributed by atoms with Crippen LogP contribution in [0.1, 0.15) is 17.2 Å². The Bertz CT molecular complexity index is 779. The summed E-state index contributed by atoms with van der Waals surface area (Å²) in [5, 5.41) is 10.00. The Hall–Kier alpha value is -2.44. The molecule has 0 radical (unpaired) electrons. The van der Waals surface area contributed by atoms with E-state index in [9.17, 15) is 19.1 Å². The second-order valence-electron chi connectivity index (χ2n) is 5.71. The molecule has 1 amide bonds. The van der Waals surface area contributed by atoms with Gasteiger partial charge in [-0.3, -0.25) is 4.79 Å². The van der Waals surface area contributed by atoms with Crippen molar-refractivity contribution in [3.8, 4) is 0 Å². The number of hydrogen-bond acceptors (Lipinski definition) is 3. The van der Waals surface area contributed by atoms with Crippen molar-refractivity contribution in [2.24, 2.45) is 0 Å². The third-order valence-electron chi connectivity index (χ3n) is 4.05. The lowest BCUT2D eigenvalue weighted by Gasteiger charge is -2.39. The van der Waals surface area contributed by atoms with Crippen molar-refractivity contribution in [2.45, 2.75) is 18.7 Å². The first-order valence-electron chi connectivity index (χ1n) is 7.59. The smallest absolute Gasteiger partial charge is 0.335 e. The van der Waals surface area contributed by atoms with Gasteiger partial charge in [-0.25, -0.2) is 9.18 Å². The van der Waals surface area contributed by atoms with Crippen LogP contribution in [0.5, 0.6) is 0 Å².